The molecule has 4 nitrogen and oxygen atoms in total. The average molecular weight is 309 g/mol. The number of hydrogen-bond acceptors (Lipinski definition) is 4. The zero-order chi connectivity index (χ0) is 12.2. The molecule has 0 radical (unpaired) electrons. The molecule has 0 N–H and O–H groups in total. The smallest absolute Gasteiger partial charge is 0.312 e. The van der Waals surface area contributed by atoms with Gasteiger partial charge in [-0.25, -0.2) is 0 Å². The summed E-state index contributed by atoms with van der Waals surface area (Å²) in [5, 5.41) is -0.968. The molecule has 0 aromatic carbocycles. The largest absolute Gasteiger partial charge is 0.362 e. The molecular weight excluding hydrogens is 293 g/mol. The zero-order valence-corrected chi connectivity index (χ0v) is 12.6. The van der Waals surface area contributed by atoms with Crippen LogP contribution in [0.15, 0.2) is 0 Å². The van der Waals surface area contributed by atoms with Gasteiger partial charge in [0, 0.05) is 14.2 Å². The SMILES string of the molecule is COP(=O)(OC)C1(OP(Cl)Cl)CCCCC1. The Morgan fingerprint density at radius 2 is 1.62 bits per heavy atom. The van der Waals surface area contributed by atoms with E-state index < -0.39 is 19.8 Å². The van der Waals surface area contributed by atoms with Crippen LogP contribution in [0.4, 0.5) is 0 Å². The topological polar surface area (TPSA) is 44.8 Å². The first-order valence-corrected chi connectivity index (χ1v) is 9.63. The lowest BCUT2D eigenvalue weighted by atomic mass is 9.97. The van der Waals surface area contributed by atoms with E-state index in [1.165, 1.54) is 14.2 Å². The maximum Gasteiger partial charge on any atom is 0.362 e. The van der Waals surface area contributed by atoms with Crippen LogP contribution in [0.25, 0.3) is 0 Å². The minimum absolute atomic E-state index is 0.601. The Bertz CT molecular complexity index is 261. The molecule has 0 saturated heterocycles. The third kappa shape index (κ3) is 3.11. The summed E-state index contributed by atoms with van der Waals surface area (Å²) < 4.78 is 28.1. The Morgan fingerprint density at radius 3 is 2.00 bits per heavy atom. The van der Waals surface area contributed by atoms with Crippen LogP contribution in [-0.4, -0.2) is 19.6 Å². The van der Waals surface area contributed by atoms with Gasteiger partial charge in [0.25, 0.3) is 0 Å². The van der Waals surface area contributed by atoms with Crippen molar-refractivity contribution in [2.45, 2.75) is 37.4 Å². The second-order valence-corrected chi connectivity index (χ2v) is 9.15. The maximum atomic E-state index is 12.5. The van der Waals surface area contributed by atoms with Crippen molar-refractivity contribution in [2.24, 2.45) is 0 Å². The molecule has 0 aromatic heterocycles. The molecule has 1 aliphatic rings. The summed E-state index contributed by atoms with van der Waals surface area (Å²) in [6.45, 7) is -1.64. The van der Waals surface area contributed by atoms with E-state index in [-0.39, 0.29) is 0 Å². The van der Waals surface area contributed by atoms with Gasteiger partial charge in [-0.15, -0.1) is 0 Å². The van der Waals surface area contributed by atoms with Crippen LogP contribution in [0.5, 0.6) is 0 Å². The summed E-state index contributed by atoms with van der Waals surface area (Å²) in [4.78, 5) is 0. The van der Waals surface area contributed by atoms with Gasteiger partial charge in [0.05, 0.1) is 0 Å². The van der Waals surface area contributed by atoms with Gasteiger partial charge in [0.2, 0.25) is 6.85 Å². The van der Waals surface area contributed by atoms with Crippen molar-refractivity contribution in [1.29, 1.82) is 0 Å². The van der Waals surface area contributed by atoms with Gasteiger partial charge in [-0.3, -0.25) is 4.57 Å². The first kappa shape index (κ1) is 15.2. The quantitative estimate of drug-likeness (QED) is 0.681. The Balaban J connectivity index is 2.97. The van der Waals surface area contributed by atoms with Crippen LogP contribution in [0.1, 0.15) is 32.1 Å². The predicted octanol–water partition coefficient (Wildman–Crippen LogP) is 4.85. The van der Waals surface area contributed by atoms with E-state index in [4.69, 9.17) is 36.1 Å². The third-order valence-electron chi connectivity index (χ3n) is 2.85. The van der Waals surface area contributed by atoms with Gasteiger partial charge in [0.15, 0.2) is 5.34 Å². The van der Waals surface area contributed by atoms with E-state index in [0.29, 0.717) is 12.8 Å². The Morgan fingerprint density at radius 1 is 1.12 bits per heavy atom. The molecule has 0 spiro atoms. The van der Waals surface area contributed by atoms with E-state index in [1.807, 2.05) is 0 Å². The lowest BCUT2D eigenvalue weighted by molar-refractivity contribution is 0.0836. The minimum Gasteiger partial charge on any atom is -0.312 e. The first-order chi connectivity index (χ1) is 7.49. The first-order valence-electron chi connectivity index (χ1n) is 5.02. The highest BCUT2D eigenvalue weighted by Crippen LogP contribution is 2.69. The summed E-state index contributed by atoms with van der Waals surface area (Å²) in [5.74, 6) is 0. The molecule has 0 amide bonds. The highest BCUT2D eigenvalue weighted by atomic mass is 35.9. The molecular formula is C8H16Cl2O4P2. The molecule has 1 aliphatic carbocycles. The molecule has 0 aliphatic heterocycles. The van der Waals surface area contributed by atoms with Crippen molar-refractivity contribution in [3.63, 3.8) is 0 Å². The normalized spacial score (nSPS) is 21.3. The van der Waals surface area contributed by atoms with Gasteiger partial charge in [0.1, 0.15) is 0 Å². The monoisotopic (exact) mass is 308 g/mol. The van der Waals surface area contributed by atoms with Crippen molar-refractivity contribution < 1.29 is 18.1 Å². The van der Waals surface area contributed by atoms with Gasteiger partial charge in [-0.05, 0) is 48.2 Å². The van der Waals surface area contributed by atoms with Crippen LogP contribution in [0, 0.1) is 0 Å². The summed E-state index contributed by atoms with van der Waals surface area (Å²) >= 11 is 11.4. The van der Waals surface area contributed by atoms with E-state index in [1.54, 1.807) is 0 Å². The van der Waals surface area contributed by atoms with Crippen molar-refractivity contribution in [2.75, 3.05) is 14.2 Å². The highest BCUT2D eigenvalue weighted by Gasteiger charge is 2.53. The Labute approximate surface area is 107 Å². The molecule has 1 saturated carbocycles. The standard InChI is InChI=1S/C8H16Cl2O4P2/c1-12-16(11,13-2)8(14-15(9)10)6-4-3-5-7-8/h3-7H2,1-2H3. The molecule has 96 valence electrons. The Hall–Kier alpha value is 1.12. The van der Waals surface area contributed by atoms with E-state index in [9.17, 15) is 4.57 Å². The van der Waals surface area contributed by atoms with Crippen molar-refractivity contribution in [3.05, 3.63) is 0 Å². The molecule has 0 bridgehead atoms. The summed E-state index contributed by atoms with van der Waals surface area (Å²) in [7, 11) is -0.605. The summed E-state index contributed by atoms with van der Waals surface area (Å²) in [6.07, 6.45) is 4.11. The predicted molar refractivity (Wildman–Crippen MR) is 67.2 cm³/mol. The van der Waals surface area contributed by atoms with E-state index >= 15 is 0 Å². The van der Waals surface area contributed by atoms with Crippen LogP contribution < -0.4 is 0 Å². The molecule has 0 aromatic rings. The van der Waals surface area contributed by atoms with E-state index in [0.717, 1.165) is 19.3 Å². The van der Waals surface area contributed by atoms with Gasteiger partial charge in [-0.1, -0.05) is 6.42 Å². The second kappa shape index (κ2) is 6.33. The number of rotatable bonds is 5. The molecule has 16 heavy (non-hydrogen) atoms. The molecule has 0 atom stereocenters. The maximum absolute atomic E-state index is 12.5. The lowest BCUT2D eigenvalue weighted by Gasteiger charge is -2.40. The van der Waals surface area contributed by atoms with Gasteiger partial charge >= 0.3 is 7.60 Å². The van der Waals surface area contributed by atoms with Gasteiger partial charge < -0.3 is 13.6 Å². The molecule has 8 heteroatoms. The number of hydrogen-bond donors (Lipinski definition) is 0. The molecule has 0 unspecified atom stereocenters. The molecule has 1 rings (SSSR count). The lowest BCUT2D eigenvalue weighted by Crippen LogP contribution is -2.34. The molecule has 1 fully saturated rings. The summed E-state index contributed by atoms with van der Waals surface area (Å²) in [6, 6.07) is 0. The summed E-state index contributed by atoms with van der Waals surface area (Å²) in [5.41, 5.74) is 0. The van der Waals surface area contributed by atoms with Gasteiger partial charge in [-0.2, -0.15) is 0 Å². The number of halogens is 2. The highest BCUT2D eigenvalue weighted by molar-refractivity contribution is 8.00. The fourth-order valence-corrected chi connectivity index (χ4v) is 5.90. The molecule has 0 heterocycles. The fourth-order valence-electron chi connectivity index (χ4n) is 2.06. The van der Waals surface area contributed by atoms with Crippen LogP contribution in [0.3, 0.4) is 0 Å². The fraction of sp³-hybridized carbons (Fsp3) is 1.00. The zero-order valence-electron chi connectivity index (χ0n) is 9.32. The van der Waals surface area contributed by atoms with Crippen LogP contribution >= 0.6 is 36.9 Å². The van der Waals surface area contributed by atoms with Crippen molar-refractivity contribution in [1.82, 2.24) is 0 Å². The van der Waals surface area contributed by atoms with Crippen molar-refractivity contribution in [3.8, 4) is 0 Å². The average Bonchev–Trinajstić information content (AvgIpc) is 2.28. The third-order valence-corrected chi connectivity index (χ3v) is 6.40. The van der Waals surface area contributed by atoms with E-state index in [2.05, 4.69) is 0 Å². The Kier molecular flexibility index (Phi) is 6.01. The van der Waals surface area contributed by atoms with Crippen LogP contribution in [-0.2, 0) is 18.1 Å². The van der Waals surface area contributed by atoms with Crippen LogP contribution in [0.2, 0.25) is 0 Å². The second-order valence-electron chi connectivity index (χ2n) is 3.66. The minimum atomic E-state index is -3.32. The van der Waals surface area contributed by atoms with Crippen molar-refractivity contribution >= 4 is 36.9 Å².